The minimum atomic E-state index is -0.574. The molecule has 0 fully saturated rings. The van der Waals surface area contributed by atoms with E-state index in [1.165, 1.54) is 60.4 Å². The molecule has 3 unspecified atom stereocenters. The van der Waals surface area contributed by atoms with Gasteiger partial charge in [-0.3, -0.25) is 0 Å². The first kappa shape index (κ1) is 26.7. The third-order valence-corrected chi connectivity index (χ3v) is 10.8. The van der Waals surface area contributed by atoms with Crippen LogP contribution in [0.4, 0.5) is 0 Å². The van der Waals surface area contributed by atoms with Gasteiger partial charge in [-0.25, -0.2) is 0 Å². The quantitative estimate of drug-likeness (QED) is 0.196. The van der Waals surface area contributed by atoms with E-state index in [0.717, 1.165) is 23.4 Å². The summed E-state index contributed by atoms with van der Waals surface area (Å²) in [6.07, 6.45) is 14.6. The minimum absolute atomic E-state index is 0.0933. The van der Waals surface area contributed by atoms with Gasteiger partial charge in [0.25, 0.3) is 0 Å². The van der Waals surface area contributed by atoms with Crippen LogP contribution < -0.4 is 4.74 Å². The summed E-state index contributed by atoms with van der Waals surface area (Å²) >= 11 is 0. The van der Waals surface area contributed by atoms with Crippen molar-refractivity contribution >= 4 is 55.0 Å². The molecule has 7 aromatic rings. The van der Waals surface area contributed by atoms with Gasteiger partial charge in [0.2, 0.25) is 0 Å². The second kappa shape index (κ2) is 9.73. The maximum atomic E-state index is 7.27. The van der Waals surface area contributed by atoms with E-state index in [1.807, 2.05) is 0 Å². The van der Waals surface area contributed by atoms with E-state index < -0.39 is 5.60 Å². The zero-order valence-electron chi connectivity index (χ0n) is 26.5. The van der Waals surface area contributed by atoms with Crippen molar-refractivity contribution in [1.82, 2.24) is 9.13 Å². The first-order valence-electron chi connectivity index (χ1n) is 16.7. The van der Waals surface area contributed by atoms with E-state index in [0.29, 0.717) is 5.92 Å². The molecule has 3 heterocycles. The van der Waals surface area contributed by atoms with Gasteiger partial charge in [-0.05, 0) is 61.4 Å². The highest BCUT2D eigenvalue weighted by atomic mass is 16.5. The van der Waals surface area contributed by atoms with Crippen LogP contribution in [0.3, 0.4) is 0 Å². The molecule has 5 aromatic carbocycles. The molecule has 47 heavy (non-hydrogen) atoms. The van der Waals surface area contributed by atoms with Crippen molar-refractivity contribution in [2.45, 2.75) is 31.8 Å². The Labute approximate surface area is 274 Å². The Hall–Kier alpha value is -5.54. The lowest BCUT2D eigenvalue weighted by Gasteiger charge is -2.35. The Kier molecular flexibility index (Phi) is 5.52. The van der Waals surface area contributed by atoms with Gasteiger partial charge < -0.3 is 13.9 Å². The van der Waals surface area contributed by atoms with Crippen LogP contribution in [0.25, 0.3) is 66.1 Å². The van der Waals surface area contributed by atoms with Crippen molar-refractivity contribution in [3.8, 4) is 16.9 Å². The number of hydrogen-bond donors (Lipinski definition) is 0. The van der Waals surface area contributed by atoms with Gasteiger partial charge in [-0.15, -0.1) is 0 Å². The lowest BCUT2D eigenvalue weighted by molar-refractivity contribution is 0.161. The molecular formula is C44H34N2O. The molecule has 0 bridgehead atoms. The largest absolute Gasteiger partial charge is 0.479 e. The Morgan fingerprint density at radius 2 is 1.32 bits per heavy atom. The molecule has 226 valence electrons. The Morgan fingerprint density at radius 1 is 0.660 bits per heavy atom. The predicted molar refractivity (Wildman–Crippen MR) is 197 cm³/mol. The highest BCUT2D eigenvalue weighted by Crippen LogP contribution is 2.56. The van der Waals surface area contributed by atoms with Crippen LogP contribution in [-0.2, 0) is 0 Å². The Bertz CT molecular complexity index is 2520. The molecule has 3 aliphatic rings. The molecule has 3 atom stereocenters. The number of rotatable bonds is 3. The number of nitrogens with zero attached hydrogens (tertiary/aromatic N) is 2. The molecule has 0 amide bonds. The van der Waals surface area contributed by atoms with Gasteiger partial charge in [-0.1, -0.05) is 110 Å². The molecule has 1 aliphatic heterocycles. The number of allylic oxidation sites excluding steroid dienone is 6. The average Bonchev–Trinajstić information content (AvgIpc) is 3.73. The van der Waals surface area contributed by atoms with Crippen LogP contribution in [-0.4, -0.2) is 14.7 Å². The second-order valence-electron chi connectivity index (χ2n) is 13.5. The molecule has 0 saturated carbocycles. The summed E-state index contributed by atoms with van der Waals surface area (Å²) in [5.74, 6) is 1.53. The van der Waals surface area contributed by atoms with Crippen molar-refractivity contribution in [3.05, 3.63) is 151 Å². The summed E-state index contributed by atoms with van der Waals surface area (Å²) in [4.78, 5) is 0. The van der Waals surface area contributed by atoms with Gasteiger partial charge in [-0.2, -0.15) is 0 Å². The van der Waals surface area contributed by atoms with Crippen molar-refractivity contribution in [3.63, 3.8) is 0 Å². The maximum Gasteiger partial charge on any atom is 0.157 e. The molecule has 10 rings (SSSR count). The minimum Gasteiger partial charge on any atom is -0.479 e. The monoisotopic (exact) mass is 606 g/mol. The van der Waals surface area contributed by atoms with Crippen LogP contribution in [0.2, 0.25) is 0 Å². The fraction of sp³-hybridized carbons (Fsp3) is 0.136. The van der Waals surface area contributed by atoms with E-state index >= 15 is 0 Å². The van der Waals surface area contributed by atoms with Crippen LogP contribution in [0.15, 0.2) is 146 Å². The predicted octanol–water partition coefficient (Wildman–Crippen LogP) is 11.4. The van der Waals surface area contributed by atoms with E-state index in [1.54, 1.807) is 0 Å². The molecule has 2 aliphatic carbocycles. The summed E-state index contributed by atoms with van der Waals surface area (Å²) in [6.45, 7) is 4.59. The van der Waals surface area contributed by atoms with Gasteiger partial charge in [0, 0.05) is 44.3 Å². The van der Waals surface area contributed by atoms with Gasteiger partial charge in [0.05, 0.1) is 33.7 Å². The lowest BCUT2D eigenvalue weighted by atomic mass is 9.79. The summed E-state index contributed by atoms with van der Waals surface area (Å²) < 4.78 is 12.2. The summed E-state index contributed by atoms with van der Waals surface area (Å²) in [7, 11) is 0. The van der Waals surface area contributed by atoms with E-state index in [4.69, 9.17) is 4.74 Å². The van der Waals surface area contributed by atoms with Crippen LogP contribution >= 0.6 is 0 Å². The molecule has 0 N–H and O–H groups in total. The third-order valence-electron chi connectivity index (χ3n) is 10.8. The first-order valence-corrected chi connectivity index (χ1v) is 16.7. The SMILES string of the molecule is CC1CC=CC=C1n1c2ccccc2c2cc(-c3cccc4c3OC3(C)C(n5c6ccccc6c6ccccc65)=CC=CC43)ccc21. The molecule has 0 radical (unpaired) electrons. The fourth-order valence-corrected chi connectivity index (χ4v) is 8.56. The van der Waals surface area contributed by atoms with Crippen molar-refractivity contribution < 1.29 is 4.74 Å². The average molecular weight is 607 g/mol. The lowest BCUT2D eigenvalue weighted by Crippen LogP contribution is -2.38. The Morgan fingerprint density at radius 3 is 2.04 bits per heavy atom. The first-order chi connectivity index (χ1) is 23.1. The number of para-hydroxylation sites is 4. The van der Waals surface area contributed by atoms with Gasteiger partial charge in [0.1, 0.15) is 5.75 Å². The number of fused-ring (bicyclic) bond motifs is 9. The van der Waals surface area contributed by atoms with Crippen LogP contribution in [0.1, 0.15) is 31.7 Å². The topological polar surface area (TPSA) is 19.1 Å². The number of ether oxygens (including phenoxy) is 1. The number of aromatic nitrogens is 2. The summed E-state index contributed by atoms with van der Waals surface area (Å²) in [5.41, 5.74) is 10.4. The molecule has 2 aromatic heterocycles. The van der Waals surface area contributed by atoms with E-state index in [9.17, 15) is 0 Å². The zero-order chi connectivity index (χ0) is 31.3. The third kappa shape index (κ3) is 3.63. The van der Waals surface area contributed by atoms with Crippen LogP contribution in [0.5, 0.6) is 5.75 Å². The van der Waals surface area contributed by atoms with Gasteiger partial charge >= 0.3 is 0 Å². The highest BCUT2D eigenvalue weighted by molar-refractivity contribution is 6.12. The second-order valence-corrected chi connectivity index (χ2v) is 13.5. The number of hydrogen-bond acceptors (Lipinski definition) is 1. The molecule has 0 saturated heterocycles. The smallest absolute Gasteiger partial charge is 0.157 e. The standard InChI is InChI=1S/C44H34N2O/c1-28-13-3-7-20-37(28)45-38-21-8-6-16-33(38)35-27-29(25-26-41(35)45)30-17-11-18-34-36-19-12-24-42(44(36,2)47-43(30)34)46-39-22-9-4-14-31(39)32-15-5-10-23-40(32)46/h3-12,14-28,36H,13H2,1-2H3. The normalized spacial score (nSPS) is 21.7. The molecular weight excluding hydrogens is 572 g/mol. The van der Waals surface area contributed by atoms with E-state index in [2.05, 4.69) is 169 Å². The van der Waals surface area contributed by atoms with E-state index in [-0.39, 0.29) is 5.92 Å². The van der Waals surface area contributed by atoms with Gasteiger partial charge in [0.15, 0.2) is 5.60 Å². The summed E-state index contributed by atoms with van der Waals surface area (Å²) in [5, 5.41) is 5.07. The number of benzene rings is 5. The maximum absolute atomic E-state index is 7.27. The molecule has 3 nitrogen and oxygen atoms in total. The Balaban J connectivity index is 1.14. The fourth-order valence-electron chi connectivity index (χ4n) is 8.56. The molecule has 0 spiro atoms. The van der Waals surface area contributed by atoms with Crippen LogP contribution in [0, 0.1) is 5.92 Å². The van der Waals surface area contributed by atoms with Crippen molar-refractivity contribution in [2.75, 3.05) is 0 Å². The molecule has 3 heteroatoms. The summed E-state index contributed by atoms with van der Waals surface area (Å²) in [6, 6.07) is 39.9. The van der Waals surface area contributed by atoms with Crippen molar-refractivity contribution in [1.29, 1.82) is 0 Å². The van der Waals surface area contributed by atoms with Crippen molar-refractivity contribution in [2.24, 2.45) is 5.92 Å². The highest BCUT2D eigenvalue weighted by Gasteiger charge is 2.49. The zero-order valence-corrected chi connectivity index (χ0v) is 26.5.